The van der Waals surface area contributed by atoms with Crippen LogP contribution in [-0.4, -0.2) is 23.3 Å². The number of thioether (sulfide) groups is 1. The number of aryl methyl sites for hydroxylation is 2. The van der Waals surface area contributed by atoms with E-state index in [1.54, 1.807) is 11.8 Å². The molecule has 7 heteroatoms. The fourth-order valence-electron chi connectivity index (χ4n) is 3.43. The molecule has 1 unspecified atom stereocenters. The van der Waals surface area contributed by atoms with Crippen LogP contribution in [0.1, 0.15) is 46.4 Å². The van der Waals surface area contributed by atoms with Crippen molar-refractivity contribution in [1.29, 1.82) is 0 Å². The summed E-state index contributed by atoms with van der Waals surface area (Å²) in [5, 5.41) is 16.9. The number of carboxylic acid groups (broad SMARTS) is 1. The molecule has 0 saturated carbocycles. The molecule has 0 spiro atoms. The van der Waals surface area contributed by atoms with Gasteiger partial charge in [-0.05, 0) is 72.9 Å². The van der Waals surface area contributed by atoms with Crippen molar-refractivity contribution in [2.24, 2.45) is 5.16 Å². The molecule has 3 rings (SSSR count). The van der Waals surface area contributed by atoms with E-state index in [0.29, 0.717) is 24.7 Å². The van der Waals surface area contributed by atoms with Gasteiger partial charge in [0.1, 0.15) is 6.61 Å². The van der Waals surface area contributed by atoms with Gasteiger partial charge in [-0.25, -0.2) is 0 Å². The zero-order valence-electron chi connectivity index (χ0n) is 20.3. The number of aliphatic carboxylic acids is 1. The maximum atomic E-state index is 10.6. The van der Waals surface area contributed by atoms with E-state index in [-0.39, 0.29) is 11.7 Å². The van der Waals surface area contributed by atoms with Crippen LogP contribution in [0.25, 0.3) is 0 Å². The molecule has 0 aliphatic rings. The van der Waals surface area contributed by atoms with Crippen LogP contribution in [0.5, 0.6) is 0 Å². The van der Waals surface area contributed by atoms with Crippen molar-refractivity contribution in [3.63, 3.8) is 0 Å². The second-order valence-electron chi connectivity index (χ2n) is 8.44. The van der Waals surface area contributed by atoms with Crippen LogP contribution in [0.2, 0.25) is 5.02 Å². The van der Waals surface area contributed by atoms with E-state index in [1.165, 1.54) is 16.0 Å². The number of hydrogen-bond donors (Lipinski definition) is 2. The van der Waals surface area contributed by atoms with Crippen LogP contribution in [0.4, 0.5) is 0 Å². The number of halogens is 1. The second kappa shape index (κ2) is 13.3. The van der Waals surface area contributed by atoms with Gasteiger partial charge in [-0.2, -0.15) is 0 Å². The normalized spacial score (nSPS) is 12.4. The monoisotopic (exact) mass is 510 g/mol. The number of nitrogens with zero attached hydrogens (tertiary/aromatic N) is 1. The van der Waals surface area contributed by atoms with E-state index < -0.39 is 5.97 Å². The lowest BCUT2D eigenvalue weighted by atomic mass is 10.1. The predicted molar refractivity (Wildman–Crippen MR) is 144 cm³/mol. The topological polar surface area (TPSA) is 70.9 Å². The SMILES string of the molecule is C/C(=N\OCc1ccc(CNCCC(=O)O)cc1)C(Sc1ccc(C)c(C)c1)c1cccc(Cl)c1. The predicted octanol–water partition coefficient (Wildman–Crippen LogP) is 6.95. The second-order valence-corrected chi connectivity index (χ2v) is 10.1. The molecule has 0 aliphatic carbocycles. The molecule has 1 atom stereocenters. The summed E-state index contributed by atoms with van der Waals surface area (Å²) in [7, 11) is 0. The molecule has 0 saturated heterocycles. The van der Waals surface area contributed by atoms with E-state index in [4.69, 9.17) is 21.5 Å². The largest absolute Gasteiger partial charge is 0.481 e. The van der Waals surface area contributed by atoms with E-state index in [0.717, 1.165) is 22.4 Å². The van der Waals surface area contributed by atoms with Crippen LogP contribution in [0, 0.1) is 13.8 Å². The summed E-state index contributed by atoms with van der Waals surface area (Å²) in [4.78, 5) is 17.5. The molecular weight excluding hydrogens is 480 g/mol. The fourth-order valence-corrected chi connectivity index (χ4v) is 4.78. The molecule has 5 nitrogen and oxygen atoms in total. The Bertz CT molecular complexity index is 1170. The fraction of sp³-hybridized carbons (Fsp3) is 0.286. The van der Waals surface area contributed by atoms with Gasteiger partial charge in [-0.15, -0.1) is 11.8 Å². The first-order chi connectivity index (χ1) is 16.8. The molecule has 0 heterocycles. The molecule has 2 N–H and O–H groups in total. The lowest BCUT2D eigenvalue weighted by Crippen LogP contribution is -2.17. The Labute approximate surface area is 216 Å². The number of carbonyl (C=O) groups is 1. The molecule has 3 aromatic rings. The van der Waals surface area contributed by atoms with Gasteiger partial charge >= 0.3 is 5.97 Å². The summed E-state index contributed by atoms with van der Waals surface area (Å²) in [5.74, 6) is -0.800. The smallest absolute Gasteiger partial charge is 0.304 e. The van der Waals surface area contributed by atoms with Gasteiger partial charge in [0.25, 0.3) is 0 Å². The van der Waals surface area contributed by atoms with Crippen LogP contribution in [-0.2, 0) is 22.8 Å². The highest BCUT2D eigenvalue weighted by Crippen LogP contribution is 2.38. The first-order valence-electron chi connectivity index (χ1n) is 11.5. The number of oxime groups is 1. The Kier molecular flexibility index (Phi) is 10.2. The van der Waals surface area contributed by atoms with Crippen LogP contribution < -0.4 is 5.32 Å². The van der Waals surface area contributed by atoms with Gasteiger partial charge < -0.3 is 15.3 Å². The highest BCUT2D eigenvalue weighted by atomic mass is 35.5. The van der Waals surface area contributed by atoms with Gasteiger partial charge in [0.05, 0.1) is 17.4 Å². The lowest BCUT2D eigenvalue weighted by molar-refractivity contribution is -0.136. The third-order valence-electron chi connectivity index (χ3n) is 5.57. The minimum atomic E-state index is -0.800. The van der Waals surface area contributed by atoms with Crippen molar-refractivity contribution in [1.82, 2.24) is 5.32 Å². The Morgan fingerprint density at radius 1 is 1.06 bits per heavy atom. The Morgan fingerprint density at radius 2 is 1.80 bits per heavy atom. The Balaban J connectivity index is 1.64. The molecule has 3 aromatic carbocycles. The van der Waals surface area contributed by atoms with Gasteiger partial charge in [0.15, 0.2) is 0 Å². The first kappa shape index (κ1) is 26.8. The maximum absolute atomic E-state index is 10.6. The zero-order chi connectivity index (χ0) is 25.2. The minimum absolute atomic E-state index is 0.0324. The number of nitrogens with one attached hydrogen (secondary N) is 1. The summed E-state index contributed by atoms with van der Waals surface area (Å²) in [6, 6.07) is 22.3. The van der Waals surface area contributed by atoms with E-state index in [9.17, 15) is 4.79 Å². The highest BCUT2D eigenvalue weighted by Gasteiger charge is 2.18. The summed E-state index contributed by atoms with van der Waals surface area (Å²) in [6.07, 6.45) is 0.112. The van der Waals surface area contributed by atoms with Crippen LogP contribution >= 0.6 is 23.4 Å². The Hall–Kier alpha value is -2.80. The summed E-state index contributed by atoms with van der Waals surface area (Å²) in [5.41, 5.74) is 6.55. The molecule has 184 valence electrons. The highest BCUT2D eigenvalue weighted by molar-refractivity contribution is 8.00. The average Bonchev–Trinajstić information content (AvgIpc) is 2.83. The molecule has 0 amide bonds. The van der Waals surface area contributed by atoms with E-state index >= 15 is 0 Å². The van der Waals surface area contributed by atoms with Crippen molar-refractivity contribution in [3.8, 4) is 0 Å². The van der Waals surface area contributed by atoms with Crippen molar-refractivity contribution in [3.05, 3.63) is 99.6 Å². The molecule has 0 aliphatic heterocycles. The van der Waals surface area contributed by atoms with Gasteiger partial charge in [-0.3, -0.25) is 4.79 Å². The van der Waals surface area contributed by atoms with E-state index in [2.05, 4.69) is 48.6 Å². The van der Waals surface area contributed by atoms with E-state index in [1.807, 2.05) is 49.4 Å². The standard InChI is InChI=1S/C28H31ClN2O3S/c1-19-7-12-26(15-20(19)2)35-28(24-5-4-6-25(29)16-24)21(3)31-34-18-23-10-8-22(9-11-23)17-30-14-13-27(32)33/h4-12,15-16,28,30H,13-14,17-18H2,1-3H3,(H,32,33)/b31-21+. The number of carboxylic acids is 1. The van der Waals surface area contributed by atoms with Gasteiger partial charge in [0.2, 0.25) is 0 Å². The molecule has 0 fully saturated rings. The third kappa shape index (κ3) is 8.73. The van der Waals surface area contributed by atoms with Crippen LogP contribution in [0.15, 0.2) is 76.8 Å². The first-order valence-corrected chi connectivity index (χ1v) is 12.7. The zero-order valence-corrected chi connectivity index (χ0v) is 21.8. The van der Waals surface area contributed by atoms with Gasteiger partial charge in [0, 0.05) is 23.0 Å². The minimum Gasteiger partial charge on any atom is -0.481 e. The van der Waals surface area contributed by atoms with Crippen molar-refractivity contribution in [2.75, 3.05) is 6.54 Å². The quantitative estimate of drug-likeness (QED) is 0.119. The maximum Gasteiger partial charge on any atom is 0.304 e. The average molecular weight is 511 g/mol. The molecule has 0 aromatic heterocycles. The molecule has 35 heavy (non-hydrogen) atoms. The number of benzene rings is 3. The summed E-state index contributed by atoms with van der Waals surface area (Å²) in [6.45, 7) is 7.65. The third-order valence-corrected chi connectivity index (χ3v) is 7.18. The van der Waals surface area contributed by atoms with Gasteiger partial charge in [-0.1, -0.05) is 59.2 Å². The summed E-state index contributed by atoms with van der Waals surface area (Å²) >= 11 is 8.01. The van der Waals surface area contributed by atoms with Crippen molar-refractivity contribution >= 4 is 35.0 Å². The molecule has 0 bridgehead atoms. The molecule has 0 radical (unpaired) electrons. The lowest BCUT2D eigenvalue weighted by Gasteiger charge is -2.18. The summed E-state index contributed by atoms with van der Waals surface area (Å²) < 4.78 is 0. The molecular formula is C28H31ClN2O3S. The number of rotatable bonds is 12. The van der Waals surface area contributed by atoms with Crippen molar-refractivity contribution < 1.29 is 14.7 Å². The van der Waals surface area contributed by atoms with Crippen LogP contribution in [0.3, 0.4) is 0 Å². The Morgan fingerprint density at radius 3 is 2.49 bits per heavy atom. The van der Waals surface area contributed by atoms with Crippen molar-refractivity contribution in [2.45, 2.75) is 50.5 Å². The number of hydrogen-bond acceptors (Lipinski definition) is 5.